The Bertz CT molecular complexity index is 985. The van der Waals surface area contributed by atoms with E-state index in [1.54, 1.807) is 0 Å². The zero-order chi connectivity index (χ0) is 18.8. The van der Waals surface area contributed by atoms with Crippen molar-refractivity contribution in [3.63, 3.8) is 0 Å². The summed E-state index contributed by atoms with van der Waals surface area (Å²) in [6.07, 6.45) is 1.36. The smallest absolute Gasteiger partial charge is 0.232 e. The Morgan fingerprint density at radius 1 is 1.15 bits per heavy atom. The molecule has 1 aromatic heterocycles. The normalized spacial score (nSPS) is 10.9. The summed E-state index contributed by atoms with van der Waals surface area (Å²) in [5, 5.41) is 9.31. The molecule has 1 heterocycles. The minimum atomic E-state index is -1.68. The lowest BCUT2D eigenvalue weighted by Gasteiger charge is -2.08. The molecular formula is C17H12F3N3O3. The molecule has 0 aliphatic carbocycles. The van der Waals surface area contributed by atoms with Crippen LogP contribution in [0.2, 0.25) is 0 Å². The van der Waals surface area contributed by atoms with Crippen molar-refractivity contribution in [2.45, 2.75) is 0 Å². The molecular weight excluding hydrogens is 351 g/mol. The first kappa shape index (κ1) is 17.6. The number of carbonyl (C=O) groups is 1. The Morgan fingerprint density at radius 3 is 2.65 bits per heavy atom. The molecule has 3 N–H and O–H groups in total. The highest BCUT2D eigenvalue weighted by molar-refractivity contribution is 6.10. The van der Waals surface area contributed by atoms with E-state index < -0.39 is 34.5 Å². The van der Waals surface area contributed by atoms with Crippen LogP contribution in [0.3, 0.4) is 0 Å². The highest BCUT2D eigenvalue weighted by atomic mass is 19.2. The van der Waals surface area contributed by atoms with E-state index in [2.05, 4.69) is 9.97 Å². The number of aromatic hydroxyl groups is 1. The molecule has 0 fully saturated rings. The van der Waals surface area contributed by atoms with Gasteiger partial charge < -0.3 is 15.6 Å². The molecule has 0 unspecified atom stereocenters. The average Bonchev–Trinajstić information content (AvgIpc) is 2.64. The van der Waals surface area contributed by atoms with Crippen molar-refractivity contribution in [2.75, 3.05) is 13.2 Å². The Labute approximate surface area is 145 Å². The van der Waals surface area contributed by atoms with Crippen LogP contribution in [0.1, 0.15) is 15.9 Å². The van der Waals surface area contributed by atoms with Gasteiger partial charge in [0.25, 0.3) is 0 Å². The standard InChI is InChI=1S/C17H12F3N3O3/c18-9-6-12(24)16(20)14(15(9)19)17(25)8-1-2-10-11(5-8)23-13(7-22-10)26-4-3-21/h1-2,5-7,24H,3-4,21H2. The maximum Gasteiger partial charge on any atom is 0.232 e. The average molecular weight is 363 g/mol. The van der Waals surface area contributed by atoms with Gasteiger partial charge >= 0.3 is 0 Å². The number of halogens is 3. The van der Waals surface area contributed by atoms with E-state index in [4.69, 9.17) is 10.5 Å². The zero-order valence-electron chi connectivity index (χ0n) is 13.2. The fourth-order valence-corrected chi connectivity index (χ4v) is 2.30. The largest absolute Gasteiger partial charge is 0.505 e. The lowest BCUT2D eigenvalue weighted by molar-refractivity contribution is 0.102. The van der Waals surface area contributed by atoms with Crippen LogP contribution in [0, 0.1) is 17.5 Å². The third kappa shape index (κ3) is 3.16. The number of fused-ring (bicyclic) bond motifs is 1. The maximum atomic E-state index is 14.0. The molecule has 0 amide bonds. The molecule has 0 atom stereocenters. The Morgan fingerprint density at radius 2 is 1.92 bits per heavy atom. The van der Waals surface area contributed by atoms with Gasteiger partial charge in [-0.2, -0.15) is 0 Å². The second-order valence-corrected chi connectivity index (χ2v) is 5.26. The predicted octanol–water partition coefficient (Wildman–Crippen LogP) is 2.32. The number of ketones is 1. The highest BCUT2D eigenvalue weighted by Gasteiger charge is 2.25. The first-order chi connectivity index (χ1) is 12.4. The number of carbonyl (C=O) groups excluding carboxylic acids is 1. The summed E-state index contributed by atoms with van der Waals surface area (Å²) in [4.78, 5) is 20.6. The van der Waals surface area contributed by atoms with Crippen molar-refractivity contribution >= 4 is 16.8 Å². The van der Waals surface area contributed by atoms with Gasteiger partial charge in [-0.15, -0.1) is 0 Å². The number of nitrogens with zero attached hydrogens (tertiary/aromatic N) is 2. The fraction of sp³-hybridized carbons (Fsp3) is 0.118. The number of nitrogens with two attached hydrogens (primary N) is 1. The maximum absolute atomic E-state index is 14.0. The minimum absolute atomic E-state index is 0.160. The monoisotopic (exact) mass is 363 g/mol. The summed E-state index contributed by atoms with van der Waals surface area (Å²) in [7, 11) is 0. The van der Waals surface area contributed by atoms with Crippen molar-refractivity contribution in [3.05, 3.63) is 59.0 Å². The van der Waals surface area contributed by atoms with E-state index in [-0.39, 0.29) is 36.2 Å². The summed E-state index contributed by atoms with van der Waals surface area (Å²) in [5.74, 6) is -6.91. The van der Waals surface area contributed by atoms with Crippen molar-refractivity contribution < 1.29 is 27.8 Å². The number of hydrogen-bond acceptors (Lipinski definition) is 6. The molecule has 0 saturated heterocycles. The van der Waals surface area contributed by atoms with Crippen LogP contribution >= 0.6 is 0 Å². The molecule has 9 heteroatoms. The number of rotatable bonds is 5. The number of phenols is 1. The molecule has 0 saturated carbocycles. The van der Waals surface area contributed by atoms with E-state index >= 15 is 0 Å². The van der Waals surface area contributed by atoms with Crippen LogP contribution in [0.5, 0.6) is 11.6 Å². The first-order valence-electron chi connectivity index (χ1n) is 7.43. The number of hydrogen-bond donors (Lipinski definition) is 2. The van der Waals surface area contributed by atoms with Crippen molar-refractivity contribution in [1.82, 2.24) is 9.97 Å². The van der Waals surface area contributed by atoms with Gasteiger partial charge in [-0.25, -0.2) is 23.1 Å². The van der Waals surface area contributed by atoms with E-state index in [1.165, 1.54) is 24.4 Å². The zero-order valence-corrected chi connectivity index (χ0v) is 13.2. The van der Waals surface area contributed by atoms with Gasteiger partial charge in [-0.3, -0.25) is 4.79 Å². The van der Waals surface area contributed by atoms with Crippen LogP contribution in [0.4, 0.5) is 13.2 Å². The van der Waals surface area contributed by atoms with Gasteiger partial charge in [-0.1, -0.05) is 0 Å². The van der Waals surface area contributed by atoms with Crippen LogP contribution in [-0.2, 0) is 0 Å². The lowest BCUT2D eigenvalue weighted by atomic mass is 10.0. The molecule has 3 rings (SSSR count). The van der Waals surface area contributed by atoms with Crippen LogP contribution in [-0.4, -0.2) is 34.0 Å². The van der Waals surface area contributed by atoms with Gasteiger partial charge in [-0.05, 0) is 18.2 Å². The van der Waals surface area contributed by atoms with Crippen molar-refractivity contribution in [2.24, 2.45) is 5.73 Å². The van der Waals surface area contributed by atoms with E-state index in [0.29, 0.717) is 5.52 Å². The van der Waals surface area contributed by atoms with Gasteiger partial charge in [0.15, 0.2) is 29.0 Å². The third-order valence-electron chi connectivity index (χ3n) is 3.51. The summed E-state index contributed by atoms with van der Waals surface area (Å²) in [6, 6.07) is 4.17. The van der Waals surface area contributed by atoms with Gasteiger partial charge in [0.05, 0.1) is 17.2 Å². The van der Waals surface area contributed by atoms with Crippen LogP contribution < -0.4 is 10.5 Å². The van der Waals surface area contributed by atoms with Crippen molar-refractivity contribution in [1.29, 1.82) is 0 Å². The predicted molar refractivity (Wildman–Crippen MR) is 85.5 cm³/mol. The molecule has 0 spiro atoms. The van der Waals surface area contributed by atoms with Gasteiger partial charge in [0, 0.05) is 18.2 Å². The fourth-order valence-electron chi connectivity index (χ4n) is 2.30. The lowest BCUT2D eigenvalue weighted by Crippen LogP contribution is -2.11. The Kier molecular flexibility index (Phi) is 4.72. The molecule has 2 aromatic carbocycles. The number of aromatic nitrogens is 2. The summed E-state index contributed by atoms with van der Waals surface area (Å²) in [6.45, 7) is 0.470. The SMILES string of the molecule is NCCOc1cnc2ccc(C(=O)c3c(F)c(O)cc(F)c3F)cc2n1. The van der Waals surface area contributed by atoms with E-state index in [0.717, 1.165) is 0 Å². The second-order valence-electron chi connectivity index (χ2n) is 5.26. The minimum Gasteiger partial charge on any atom is -0.505 e. The first-order valence-corrected chi connectivity index (χ1v) is 7.43. The molecule has 26 heavy (non-hydrogen) atoms. The van der Waals surface area contributed by atoms with E-state index in [9.17, 15) is 23.1 Å². The molecule has 0 aliphatic rings. The summed E-state index contributed by atoms with van der Waals surface area (Å²) >= 11 is 0. The van der Waals surface area contributed by atoms with Gasteiger partial charge in [0.1, 0.15) is 12.2 Å². The van der Waals surface area contributed by atoms with Crippen molar-refractivity contribution in [3.8, 4) is 11.6 Å². The van der Waals surface area contributed by atoms with Crippen LogP contribution in [0.25, 0.3) is 11.0 Å². The Hall–Kier alpha value is -3.20. The summed E-state index contributed by atoms with van der Waals surface area (Å²) < 4.78 is 46.5. The Balaban J connectivity index is 2.06. The number of benzene rings is 2. The van der Waals surface area contributed by atoms with Gasteiger partial charge in [0.2, 0.25) is 5.88 Å². The molecule has 0 radical (unpaired) electrons. The number of phenolic OH excluding ortho intramolecular Hbond substituents is 1. The molecule has 0 bridgehead atoms. The molecule has 3 aromatic rings. The quantitative estimate of drug-likeness (QED) is 0.533. The van der Waals surface area contributed by atoms with E-state index in [1.807, 2.05) is 0 Å². The summed E-state index contributed by atoms with van der Waals surface area (Å²) in [5.41, 5.74) is 4.61. The molecule has 0 aliphatic heterocycles. The molecule has 6 nitrogen and oxygen atoms in total. The number of ether oxygens (including phenoxy) is 1. The highest BCUT2D eigenvalue weighted by Crippen LogP contribution is 2.27. The molecule has 134 valence electrons. The topological polar surface area (TPSA) is 98.3 Å². The second kappa shape index (κ2) is 6.96. The van der Waals surface area contributed by atoms with Crippen LogP contribution in [0.15, 0.2) is 30.5 Å². The third-order valence-corrected chi connectivity index (χ3v) is 3.51.